The maximum atomic E-state index is 14.1. The van der Waals surface area contributed by atoms with Crippen molar-refractivity contribution in [1.82, 2.24) is 49.8 Å². The highest BCUT2D eigenvalue weighted by Crippen LogP contribution is 2.19. The van der Waals surface area contributed by atoms with Gasteiger partial charge >= 0.3 is 53.8 Å². The van der Waals surface area contributed by atoms with Crippen molar-refractivity contribution in [1.29, 1.82) is 0 Å². The van der Waals surface area contributed by atoms with Crippen LogP contribution in [0.25, 0.3) is 0 Å². The van der Waals surface area contributed by atoms with Crippen LogP contribution in [0.2, 0.25) is 0 Å². The fraction of sp³-hybridized carbons (Fsp3) is 0.705. The van der Waals surface area contributed by atoms with Crippen molar-refractivity contribution in [3.8, 4) is 0 Å². The Morgan fingerprint density at radius 3 is 1.19 bits per heavy atom. The van der Waals surface area contributed by atoms with Gasteiger partial charge in [0.05, 0.1) is 13.1 Å². The third-order valence-corrected chi connectivity index (χ3v) is 11.8. The summed E-state index contributed by atoms with van der Waals surface area (Å²) in [4.78, 5) is 170. The third-order valence-electron chi connectivity index (χ3n) is 11.8. The van der Waals surface area contributed by atoms with E-state index in [0.717, 1.165) is 9.80 Å². The van der Waals surface area contributed by atoms with Crippen LogP contribution in [0, 0.1) is 0 Å². The number of rotatable bonds is 33. The van der Waals surface area contributed by atoms with E-state index in [-0.39, 0.29) is 64.0 Å². The average molecular weight is 1290 g/mol. The summed E-state index contributed by atoms with van der Waals surface area (Å²) in [5, 5.41) is 27.3. The summed E-state index contributed by atoms with van der Waals surface area (Å²) in [7, 11) is 0. The summed E-state index contributed by atoms with van der Waals surface area (Å²) in [6.07, 6.45) is 4.71. The van der Waals surface area contributed by atoms with Gasteiger partial charge in [0, 0.05) is 37.6 Å². The van der Waals surface area contributed by atoms with Crippen LogP contribution in [0.1, 0.15) is 181 Å². The summed E-state index contributed by atoms with van der Waals surface area (Å²) in [5.74, 6) is -9.27. The molecule has 0 aliphatic carbocycles. The van der Waals surface area contributed by atoms with E-state index in [0.29, 0.717) is 5.82 Å². The Bertz CT molecular complexity index is 2810. The number of carboxylic acids is 2. The van der Waals surface area contributed by atoms with E-state index in [9.17, 15) is 67.7 Å². The van der Waals surface area contributed by atoms with Crippen LogP contribution in [0.3, 0.4) is 0 Å². The number of carbonyl (C=O) groups excluding carboxylic acids is 10. The van der Waals surface area contributed by atoms with Crippen LogP contribution in [-0.4, -0.2) is 200 Å². The first-order valence-electron chi connectivity index (χ1n) is 30.0. The van der Waals surface area contributed by atoms with Gasteiger partial charge in [0.2, 0.25) is 17.7 Å². The molecule has 30 nitrogen and oxygen atoms in total. The quantitative estimate of drug-likeness (QED) is 0.0379. The maximum Gasteiger partial charge on any atom is 0.329 e. The van der Waals surface area contributed by atoms with Gasteiger partial charge < -0.3 is 73.5 Å². The molecule has 0 spiro atoms. The number of carbonyl (C=O) groups is 12. The monoisotopic (exact) mass is 1290 g/mol. The van der Waals surface area contributed by atoms with E-state index in [2.05, 4.69) is 25.9 Å². The zero-order chi connectivity index (χ0) is 69.6. The molecule has 2 heterocycles. The summed E-state index contributed by atoms with van der Waals surface area (Å²) < 4.78 is 35.5. The highest BCUT2D eigenvalue weighted by atomic mass is 16.6. The van der Waals surface area contributed by atoms with Gasteiger partial charge in [-0.05, 0) is 163 Å². The highest BCUT2D eigenvalue weighted by Gasteiger charge is 2.34. The van der Waals surface area contributed by atoms with E-state index in [1.165, 1.54) is 33.9 Å². The lowest BCUT2D eigenvalue weighted by molar-refractivity contribution is -0.164. The topological polar surface area (TPSA) is 382 Å². The summed E-state index contributed by atoms with van der Waals surface area (Å²) in [6.45, 7) is 25.9. The van der Waals surface area contributed by atoms with Crippen LogP contribution in [-0.2, 0) is 107 Å². The molecule has 0 fully saturated rings. The molecule has 0 bridgehead atoms. The first kappa shape index (κ1) is 78.9. The number of imidazole rings is 2. The number of amides is 5. The molecule has 2 rings (SSSR count). The molecule has 0 saturated carbocycles. The molecule has 512 valence electrons. The van der Waals surface area contributed by atoms with Crippen LogP contribution < -0.4 is 16.0 Å². The molecule has 0 aromatic carbocycles. The number of nitrogens with zero attached hydrogens (tertiary/aromatic N) is 7. The molecular weight excluding hydrogens is 1190 g/mol. The van der Waals surface area contributed by atoms with Crippen LogP contribution >= 0.6 is 0 Å². The lowest BCUT2D eigenvalue weighted by Gasteiger charge is -2.27. The van der Waals surface area contributed by atoms with Gasteiger partial charge in [0.1, 0.15) is 103 Å². The van der Waals surface area contributed by atoms with E-state index in [1.807, 2.05) is 4.90 Å². The van der Waals surface area contributed by atoms with Crippen molar-refractivity contribution in [2.24, 2.45) is 0 Å². The highest BCUT2D eigenvalue weighted by molar-refractivity contribution is 5.89. The number of ether oxygens (including phenoxy) is 6. The van der Waals surface area contributed by atoms with E-state index in [4.69, 9.17) is 28.4 Å². The zero-order valence-corrected chi connectivity index (χ0v) is 56.2. The number of hydrogen-bond donors (Lipinski definition) is 5. The first-order chi connectivity index (χ1) is 41.6. The number of esters is 6. The van der Waals surface area contributed by atoms with Gasteiger partial charge in [-0.2, -0.15) is 0 Å². The molecule has 2 aromatic rings. The molecule has 3 atom stereocenters. The zero-order valence-electron chi connectivity index (χ0n) is 56.2. The van der Waals surface area contributed by atoms with Gasteiger partial charge in [-0.25, -0.2) is 29.1 Å². The Kier molecular flexibility index (Phi) is 29.7. The number of aromatic nitrogens is 4. The summed E-state index contributed by atoms with van der Waals surface area (Å²) in [5.41, 5.74) is -5.62. The fourth-order valence-corrected chi connectivity index (χ4v) is 8.33. The predicted molar refractivity (Wildman–Crippen MR) is 326 cm³/mol. The molecule has 0 saturated heterocycles. The minimum Gasteiger partial charge on any atom is -0.480 e. The Hall–Kier alpha value is -8.18. The molecule has 91 heavy (non-hydrogen) atoms. The van der Waals surface area contributed by atoms with Gasteiger partial charge in [-0.3, -0.25) is 43.3 Å². The molecular formula is C61H98N10O20. The number of unbranched alkanes of at least 4 members (excludes halogenated alkanes) is 1. The molecule has 0 radical (unpaired) electrons. The van der Waals surface area contributed by atoms with Gasteiger partial charge in [-0.15, -0.1) is 0 Å². The van der Waals surface area contributed by atoms with Crippen molar-refractivity contribution in [3.05, 3.63) is 36.4 Å². The van der Waals surface area contributed by atoms with Crippen LogP contribution in [0.5, 0.6) is 0 Å². The normalized spacial score (nSPS) is 13.1. The first-order valence-corrected chi connectivity index (χ1v) is 30.0. The van der Waals surface area contributed by atoms with Crippen LogP contribution in [0.4, 0.5) is 4.79 Å². The van der Waals surface area contributed by atoms with Crippen molar-refractivity contribution >= 4 is 71.5 Å². The minimum absolute atomic E-state index is 0.0271. The number of aliphatic carboxylic acids is 2. The van der Waals surface area contributed by atoms with Gasteiger partial charge in [-0.1, -0.05) is 0 Å². The molecule has 5 amide bonds. The predicted octanol–water partition coefficient (Wildman–Crippen LogP) is 4.21. The lowest BCUT2D eigenvalue weighted by Crippen LogP contribution is -2.53. The van der Waals surface area contributed by atoms with Gasteiger partial charge in [0.15, 0.2) is 0 Å². The summed E-state index contributed by atoms with van der Waals surface area (Å²) in [6, 6.07) is -5.38. The minimum atomic E-state index is -1.50. The van der Waals surface area contributed by atoms with Gasteiger partial charge in [0.25, 0.3) is 0 Å². The molecule has 0 unspecified atom stereocenters. The Balaban J connectivity index is 2.45. The van der Waals surface area contributed by atoms with Crippen molar-refractivity contribution < 1.29 is 96.2 Å². The molecule has 0 aliphatic rings. The second kappa shape index (κ2) is 34.3. The molecule has 2 aromatic heterocycles. The Morgan fingerprint density at radius 2 is 0.824 bits per heavy atom. The standard InChI is InChI=1S/C61H98N10O20/c1-56(2,3)86-48(77)25-23-41(54(84)91-61(16,17)18)66-55(85)65-40(53(83)90-60(13,14)15)22-24-44(72)64-39(52(81)82)21-19-20-28-67(31-42-62-26-29-68(42)33-45(73)70(35-47(75)76)36-49(78)87-57(4,5)6)32-43-63-27-30-69(43)34-46(74)71(37-50(79)88-58(7,8)9)38-51(80)89-59(10,11)12/h26-27,29-30,39-41H,19-25,28,31-38H2,1-18H3,(H,64,72)(H,75,76)(H,81,82)(H2,65,66,85)/t39-,40-,41-/m0/s1. The van der Waals surface area contributed by atoms with Crippen molar-refractivity contribution in [2.75, 3.05) is 32.7 Å². The van der Waals surface area contributed by atoms with Crippen molar-refractivity contribution in [3.63, 3.8) is 0 Å². The molecule has 0 aliphatic heterocycles. The van der Waals surface area contributed by atoms with Crippen molar-refractivity contribution in [2.45, 2.75) is 247 Å². The fourth-order valence-electron chi connectivity index (χ4n) is 8.33. The summed E-state index contributed by atoms with van der Waals surface area (Å²) >= 11 is 0. The third kappa shape index (κ3) is 34.6. The maximum absolute atomic E-state index is 14.1. The van der Waals surface area contributed by atoms with E-state index in [1.54, 1.807) is 125 Å². The lowest BCUT2D eigenvalue weighted by atomic mass is 10.1. The second-order valence-corrected chi connectivity index (χ2v) is 27.7. The second-order valence-electron chi connectivity index (χ2n) is 27.7. The van der Waals surface area contributed by atoms with Crippen LogP contribution in [0.15, 0.2) is 24.8 Å². The average Bonchev–Trinajstić information content (AvgIpc) is 1.87. The largest absolute Gasteiger partial charge is 0.480 e. The Morgan fingerprint density at radius 1 is 0.462 bits per heavy atom. The number of carboxylic acid groups (broad SMARTS) is 2. The number of urea groups is 1. The smallest absolute Gasteiger partial charge is 0.329 e. The molecule has 5 N–H and O–H groups in total. The number of nitrogens with one attached hydrogen (secondary N) is 3. The Labute approximate surface area is 532 Å². The number of hydrogen-bond acceptors (Lipinski definition) is 21. The van der Waals surface area contributed by atoms with E-state index >= 15 is 0 Å². The SMILES string of the molecule is CC(C)(C)OC(=O)CC[C@H](NC(=O)N[C@@H](CCC(=O)N[C@@H](CCCCN(Cc1nccn1CC(=O)N(CC(=O)O)CC(=O)OC(C)(C)C)Cc1nccn1CC(=O)N(CC(=O)OC(C)(C)C)CC(=O)OC(C)(C)C)C(=O)O)C(=O)OC(C)(C)C)C(=O)OC(C)(C)C. The molecule has 30 heteroatoms. The van der Waals surface area contributed by atoms with E-state index < -0.39 is 169 Å².